The molecule has 2 N–H and O–H groups in total. The molecular weight excluding hydrogens is 388 g/mol. The minimum atomic E-state index is -0.773. The lowest BCUT2D eigenvalue weighted by Gasteiger charge is -2.32. The van der Waals surface area contributed by atoms with E-state index in [4.69, 9.17) is 9.84 Å². The van der Waals surface area contributed by atoms with E-state index in [2.05, 4.69) is 5.32 Å². The van der Waals surface area contributed by atoms with E-state index in [1.165, 1.54) is 11.8 Å². The van der Waals surface area contributed by atoms with Gasteiger partial charge in [0.25, 0.3) is 0 Å². The minimum absolute atomic E-state index is 0.00144. The Balaban J connectivity index is 1.78. The van der Waals surface area contributed by atoms with Crippen molar-refractivity contribution in [3.05, 3.63) is 29.3 Å². The van der Waals surface area contributed by atoms with E-state index in [0.717, 1.165) is 17.0 Å². The second-order valence-electron chi connectivity index (χ2n) is 7.17. The van der Waals surface area contributed by atoms with Crippen LogP contribution >= 0.6 is 0 Å². The molecular formula is C19H23F2N3O5. The summed E-state index contributed by atoms with van der Waals surface area (Å²) in [5, 5.41) is 11.5. The average molecular weight is 411 g/mol. The van der Waals surface area contributed by atoms with E-state index in [-0.39, 0.29) is 30.3 Å². The number of aliphatic hydroxyl groups excluding tert-OH is 1. The summed E-state index contributed by atoms with van der Waals surface area (Å²) in [6.45, 7) is 1.46. The summed E-state index contributed by atoms with van der Waals surface area (Å²) in [6, 6.07) is 1.62. The predicted octanol–water partition coefficient (Wildman–Crippen LogP) is 1.12. The normalized spacial score (nSPS) is 20.0. The molecule has 10 heteroatoms. The van der Waals surface area contributed by atoms with Crippen molar-refractivity contribution in [2.75, 3.05) is 37.7 Å². The fourth-order valence-electron chi connectivity index (χ4n) is 3.81. The molecule has 0 unspecified atom stereocenters. The van der Waals surface area contributed by atoms with E-state index in [1.807, 2.05) is 0 Å². The molecule has 8 nitrogen and oxygen atoms in total. The van der Waals surface area contributed by atoms with Gasteiger partial charge in [0.1, 0.15) is 24.8 Å². The largest absolute Gasteiger partial charge is 0.447 e. The van der Waals surface area contributed by atoms with Gasteiger partial charge in [0.2, 0.25) is 11.8 Å². The third kappa shape index (κ3) is 4.47. The first-order valence-corrected chi connectivity index (χ1v) is 9.39. The molecule has 1 aromatic rings. The third-order valence-electron chi connectivity index (χ3n) is 5.28. The van der Waals surface area contributed by atoms with E-state index < -0.39 is 42.2 Å². The summed E-state index contributed by atoms with van der Waals surface area (Å²) in [5.41, 5.74) is -0.0506. The monoisotopic (exact) mass is 411 g/mol. The van der Waals surface area contributed by atoms with Crippen molar-refractivity contribution >= 4 is 23.6 Å². The minimum Gasteiger partial charge on any atom is -0.447 e. The maximum Gasteiger partial charge on any atom is 0.414 e. The SMILES string of the molecule is CC(=O)NC[C@H]1COC(=O)N1c1cc(F)c(C2CCN(C(=O)CO)CC2)c(F)c1. The van der Waals surface area contributed by atoms with Crippen LogP contribution in [0.15, 0.2) is 12.1 Å². The summed E-state index contributed by atoms with van der Waals surface area (Å²) in [7, 11) is 0. The molecule has 2 saturated heterocycles. The van der Waals surface area contributed by atoms with Crippen LogP contribution in [-0.4, -0.2) is 66.8 Å². The number of nitrogens with zero attached hydrogens (tertiary/aromatic N) is 2. The number of likely N-dealkylation sites (tertiary alicyclic amines) is 1. The smallest absolute Gasteiger partial charge is 0.414 e. The summed E-state index contributed by atoms with van der Waals surface area (Å²) in [5.74, 6) is -2.65. The van der Waals surface area contributed by atoms with Crippen LogP contribution in [-0.2, 0) is 14.3 Å². The number of hydrogen-bond donors (Lipinski definition) is 2. The lowest BCUT2D eigenvalue weighted by molar-refractivity contribution is -0.135. The Morgan fingerprint density at radius 3 is 2.41 bits per heavy atom. The Hall–Kier alpha value is -2.75. The van der Waals surface area contributed by atoms with Crippen molar-refractivity contribution in [2.45, 2.75) is 31.7 Å². The number of halogens is 2. The molecule has 1 atom stereocenters. The Morgan fingerprint density at radius 2 is 1.86 bits per heavy atom. The second kappa shape index (κ2) is 8.73. The zero-order chi connectivity index (χ0) is 21.1. The Labute approximate surface area is 166 Å². The van der Waals surface area contributed by atoms with E-state index in [0.29, 0.717) is 25.9 Å². The number of rotatable bonds is 5. The third-order valence-corrected chi connectivity index (χ3v) is 5.28. The van der Waals surface area contributed by atoms with Gasteiger partial charge in [-0.1, -0.05) is 0 Å². The Morgan fingerprint density at radius 1 is 1.24 bits per heavy atom. The topological polar surface area (TPSA) is 99.2 Å². The first-order valence-electron chi connectivity index (χ1n) is 9.39. The fourth-order valence-corrected chi connectivity index (χ4v) is 3.81. The average Bonchev–Trinajstić information content (AvgIpc) is 3.06. The van der Waals surface area contributed by atoms with Gasteiger partial charge in [0, 0.05) is 32.1 Å². The molecule has 0 spiro atoms. The number of hydrogen-bond acceptors (Lipinski definition) is 5. The molecule has 2 aliphatic rings. The molecule has 0 saturated carbocycles. The molecule has 0 aromatic heterocycles. The summed E-state index contributed by atoms with van der Waals surface area (Å²) in [4.78, 5) is 37.3. The molecule has 0 aliphatic carbocycles. The van der Waals surface area contributed by atoms with Crippen molar-refractivity contribution < 1.29 is 33.0 Å². The van der Waals surface area contributed by atoms with Crippen molar-refractivity contribution in [1.29, 1.82) is 0 Å². The maximum absolute atomic E-state index is 14.8. The number of benzene rings is 1. The van der Waals surface area contributed by atoms with Crippen LogP contribution in [0.4, 0.5) is 19.3 Å². The van der Waals surface area contributed by atoms with Gasteiger partial charge in [-0.05, 0) is 30.9 Å². The molecule has 3 amide bonds. The molecule has 0 radical (unpaired) electrons. The molecule has 0 bridgehead atoms. The number of ether oxygens (including phenoxy) is 1. The maximum atomic E-state index is 14.8. The van der Waals surface area contributed by atoms with Gasteiger partial charge >= 0.3 is 6.09 Å². The standard InChI is InChI=1S/C19H23F2N3O5/c1-11(26)22-8-14-10-29-19(28)24(14)13-6-15(20)18(16(21)7-13)12-2-4-23(5-3-12)17(27)9-25/h6-7,12,14,25H,2-5,8-10H2,1H3,(H,22,26)/t14-/m0/s1. The number of amides is 3. The molecule has 2 fully saturated rings. The van der Waals surface area contributed by atoms with Crippen molar-refractivity contribution in [3.63, 3.8) is 0 Å². The van der Waals surface area contributed by atoms with Gasteiger partial charge in [-0.3, -0.25) is 14.5 Å². The number of carbonyl (C=O) groups is 3. The van der Waals surface area contributed by atoms with Crippen molar-refractivity contribution in [1.82, 2.24) is 10.2 Å². The van der Waals surface area contributed by atoms with Crippen molar-refractivity contribution in [3.8, 4) is 0 Å². The van der Waals surface area contributed by atoms with Crippen LogP contribution in [0.3, 0.4) is 0 Å². The van der Waals surface area contributed by atoms with Crippen LogP contribution in [0.5, 0.6) is 0 Å². The first-order chi connectivity index (χ1) is 13.8. The molecule has 2 heterocycles. The van der Waals surface area contributed by atoms with Crippen LogP contribution in [0.25, 0.3) is 0 Å². The lowest BCUT2D eigenvalue weighted by atomic mass is 9.88. The number of cyclic esters (lactones) is 1. The van der Waals surface area contributed by atoms with Gasteiger partial charge in [-0.2, -0.15) is 0 Å². The van der Waals surface area contributed by atoms with Gasteiger partial charge in [0.15, 0.2) is 0 Å². The zero-order valence-corrected chi connectivity index (χ0v) is 16.0. The molecule has 3 rings (SSSR count). The molecule has 158 valence electrons. The predicted molar refractivity (Wildman–Crippen MR) is 98.3 cm³/mol. The zero-order valence-electron chi connectivity index (χ0n) is 16.0. The fraction of sp³-hybridized carbons (Fsp3) is 0.526. The van der Waals surface area contributed by atoms with Crippen LogP contribution in [0, 0.1) is 11.6 Å². The van der Waals surface area contributed by atoms with E-state index >= 15 is 0 Å². The number of anilines is 1. The van der Waals surface area contributed by atoms with E-state index in [1.54, 1.807) is 0 Å². The molecule has 29 heavy (non-hydrogen) atoms. The highest BCUT2D eigenvalue weighted by atomic mass is 19.1. The highest BCUT2D eigenvalue weighted by Crippen LogP contribution is 2.35. The number of aliphatic hydroxyl groups is 1. The van der Waals surface area contributed by atoms with Crippen molar-refractivity contribution in [2.24, 2.45) is 0 Å². The van der Waals surface area contributed by atoms with Gasteiger partial charge in [-0.25, -0.2) is 13.6 Å². The van der Waals surface area contributed by atoms with E-state index in [9.17, 15) is 23.2 Å². The highest BCUT2D eigenvalue weighted by molar-refractivity contribution is 5.90. The number of piperidine rings is 1. The first kappa shape index (κ1) is 21.0. The Bertz CT molecular complexity index is 788. The number of nitrogens with one attached hydrogen (secondary N) is 1. The summed E-state index contributed by atoms with van der Waals surface area (Å²) < 4.78 is 34.6. The lowest BCUT2D eigenvalue weighted by Crippen LogP contribution is -2.42. The Kier molecular flexibility index (Phi) is 6.31. The van der Waals surface area contributed by atoms with Gasteiger partial charge in [0.05, 0.1) is 11.7 Å². The molecule has 2 aliphatic heterocycles. The summed E-state index contributed by atoms with van der Waals surface area (Å²) in [6.07, 6.45) is 0.00816. The van der Waals surface area contributed by atoms with Gasteiger partial charge in [-0.15, -0.1) is 0 Å². The quantitative estimate of drug-likeness (QED) is 0.757. The second-order valence-corrected chi connectivity index (χ2v) is 7.17. The summed E-state index contributed by atoms with van der Waals surface area (Å²) >= 11 is 0. The number of carbonyl (C=O) groups excluding carboxylic acids is 3. The van der Waals surface area contributed by atoms with Gasteiger partial charge < -0.3 is 20.1 Å². The highest BCUT2D eigenvalue weighted by Gasteiger charge is 2.36. The van der Waals surface area contributed by atoms with Crippen LogP contribution < -0.4 is 10.2 Å². The molecule has 1 aromatic carbocycles. The van der Waals surface area contributed by atoms with Crippen LogP contribution in [0.2, 0.25) is 0 Å². The van der Waals surface area contributed by atoms with Crippen LogP contribution in [0.1, 0.15) is 31.2 Å².